The molecule has 3 rings (SSSR count). The molecule has 21 heavy (non-hydrogen) atoms. The number of primary amides is 1. The first kappa shape index (κ1) is 13.8. The third-order valence-corrected chi connectivity index (χ3v) is 5.30. The summed E-state index contributed by atoms with van der Waals surface area (Å²) < 4.78 is 5.72. The zero-order valence-electron chi connectivity index (χ0n) is 11.5. The van der Waals surface area contributed by atoms with Gasteiger partial charge in [-0.15, -0.1) is 0 Å². The molecular formula is C16H15N2O2P. The summed E-state index contributed by atoms with van der Waals surface area (Å²) in [5.74, 6) is -0.471. The average molecular weight is 298 g/mol. The SMILES string of the molecule is COP(c1ccccc1)c1c(C(N)=O)[nH]c2ccccc12. The van der Waals surface area contributed by atoms with Gasteiger partial charge in [0.2, 0.25) is 0 Å². The van der Waals surface area contributed by atoms with Gasteiger partial charge >= 0.3 is 0 Å². The van der Waals surface area contributed by atoms with Crippen LogP contribution in [0.3, 0.4) is 0 Å². The van der Waals surface area contributed by atoms with Gasteiger partial charge in [0.05, 0.1) is 8.15 Å². The van der Waals surface area contributed by atoms with Crippen LogP contribution in [0.4, 0.5) is 0 Å². The first-order valence-electron chi connectivity index (χ1n) is 6.52. The standard InChI is InChI=1S/C16H15N2O2P/c1-20-21(11-7-3-2-4-8-11)15-12-9-5-6-10-13(12)18-14(15)16(17)19/h2-10,18H,1H3,(H2,17,19). The van der Waals surface area contributed by atoms with Gasteiger partial charge in [0.15, 0.2) is 0 Å². The lowest BCUT2D eigenvalue weighted by molar-refractivity contribution is 0.0997. The fourth-order valence-corrected chi connectivity index (χ4v) is 4.28. The average Bonchev–Trinajstić information content (AvgIpc) is 2.89. The van der Waals surface area contributed by atoms with Gasteiger partial charge in [0.25, 0.3) is 5.91 Å². The van der Waals surface area contributed by atoms with Crippen LogP contribution >= 0.6 is 8.15 Å². The third kappa shape index (κ3) is 2.44. The van der Waals surface area contributed by atoms with Gasteiger partial charge in [-0.2, -0.15) is 0 Å². The Balaban J connectivity index is 2.26. The van der Waals surface area contributed by atoms with E-state index in [1.807, 2.05) is 54.6 Å². The number of nitrogens with one attached hydrogen (secondary N) is 1. The molecule has 1 atom stereocenters. The maximum Gasteiger partial charge on any atom is 0.265 e. The molecule has 0 bridgehead atoms. The maximum absolute atomic E-state index is 11.8. The second-order valence-corrected chi connectivity index (χ2v) is 6.49. The molecular weight excluding hydrogens is 283 g/mol. The Hall–Kier alpha value is -2.16. The quantitative estimate of drug-likeness (QED) is 0.725. The molecule has 3 aromatic rings. The van der Waals surface area contributed by atoms with Crippen LogP contribution in [-0.2, 0) is 4.52 Å². The zero-order chi connectivity index (χ0) is 14.8. The van der Waals surface area contributed by atoms with E-state index in [-0.39, 0.29) is 0 Å². The topological polar surface area (TPSA) is 68.1 Å². The summed E-state index contributed by atoms with van der Waals surface area (Å²) in [6.07, 6.45) is 0. The van der Waals surface area contributed by atoms with Crippen LogP contribution in [0.25, 0.3) is 10.9 Å². The zero-order valence-corrected chi connectivity index (χ0v) is 12.4. The number of fused-ring (bicyclic) bond motifs is 1. The molecule has 0 saturated heterocycles. The Morgan fingerprint density at radius 1 is 1.10 bits per heavy atom. The molecule has 0 saturated carbocycles. The van der Waals surface area contributed by atoms with Crippen molar-refractivity contribution in [2.24, 2.45) is 5.73 Å². The van der Waals surface area contributed by atoms with E-state index < -0.39 is 14.1 Å². The lowest BCUT2D eigenvalue weighted by Crippen LogP contribution is -2.23. The molecule has 3 N–H and O–H groups in total. The van der Waals surface area contributed by atoms with Gasteiger partial charge < -0.3 is 15.2 Å². The van der Waals surface area contributed by atoms with E-state index in [4.69, 9.17) is 10.3 Å². The predicted molar refractivity (Wildman–Crippen MR) is 86.5 cm³/mol. The third-order valence-electron chi connectivity index (χ3n) is 3.30. The van der Waals surface area contributed by atoms with Crippen molar-refractivity contribution in [3.05, 3.63) is 60.3 Å². The number of para-hydroxylation sites is 1. The molecule has 0 fully saturated rings. The molecule has 0 radical (unpaired) electrons. The molecule has 1 heterocycles. The summed E-state index contributed by atoms with van der Waals surface area (Å²) in [5, 5.41) is 2.87. The number of H-pyrrole nitrogens is 1. The molecule has 5 heteroatoms. The van der Waals surface area contributed by atoms with Crippen molar-refractivity contribution in [3.63, 3.8) is 0 Å². The highest BCUT2D eigenvalue weighted by molar-refractivity contribution is 7.69. The van der Waals surface area contributed by atoms with Crippen LogP contribution in [-0.4, -0.2) is 18.0 Å². The van der Waals surface area contributed by atoms with Crippen LogP contribution in [0, 0.1) is 0 Å². The smallest absolute Gasteiger partial charge is 0.265 e. The molecule has 0 aliphatic heterocycles. The van der Waals surface area contributed by atoms with Crippen molar-refractivity contribution in [2.75, 3.05) is 7.11 Å². The van der Waals surface area contributed by atoms with Gasteiger partial charge in [-0.25, -0.2) is 0 Å². The first-order valence-corrected chi connectivity index (χ1v) is 7.78. The molecule has 4 nitrogen and oxygen atoms in total. The summed E-state index contributed by atoms with van der Waals surface area (Å²) in [5.41, 5.74) is 6.85. The highest BCUT2D eigenvalue weighted by atomic mass is 31.1. The van der Waals surface area contributed by atoms with Gasteiger partial charge in [0, 0.05) is 28.6 Å². The molecule has 0 aliphatic carbocycles. The lowest BCUT2D eigenvalue weighted by Gasteiger charge is -2.16. The highest BCUT2D eigenvalue weighted by Crippen LogP contribution is 2.38. The van der Waals surface area contributed by atoms with E-state index in [9.17, 15) is 4.79 Å². The second-order valence-electron chi connectivity index (χ2n) is 4.57. The van der Waals surface area contributed by atoms with Gasteiger partial charge in [-0.3, -0.25) is 4.79 Å². The highest BCUT2D eigenvalue weighted by Gasteiger charge is 2.24. The summed E-state index contributed by atoms with van der Waals surface area (Å²) in [7, 11) is 0.561. The number of aromatic amines is 1. The lowest BCUT2D eigenvalue weighted by atomic mass is 10.2. The molecule has 0 spiro atoms. The van der Waals surface area contributed by atoms with Crippen molar-refractivity contribution in [3.8, 4) is 0 Å². The molecule has 2 aromatic carbocycles. The van der Waals surface area contributed by atoms with Crippen LogP contribution < -0.4 is 16.3 Å². The van der Waals surface area contributed by atoms with E-state index in [1.54, 1.807) is 7.11 Å². The number of hydrogen-bond donors (Lipinski definition) is 2. The first-order chi connectivity index (χ1) is 10.2. The van der Waals surface area contributed by atoms with Crippen molar-refractivity contribution in [1.82, 2.24) is 4.98 Å². The number of carbonyl (C=O) groups is 1. The predicted octanol–water partition coefficient (Wildman–Crippen LogP) is 2.26. The minimum atomic E-state index is -1.10. The van der Waals surface area contributed by atoms with Crippen LogP contribution in [0.15, 0.2) is 54.6 Å². The number of benzene rings is 2. The van der Waals surface area contributed by atoms with Gasteiger partial charge in [0.1, 0.15) is 5.69 Å². The normalized spacial score (nSPS) is 12.4. The Bertz CT molecular complexity index is 783. The van der Waals surface area contributed by atoms with E-state index >= 15 is 0 Å². The van der Waals surface area contributed by atoms with Crippen molar-refractivity contribution in [1.29, 1.82) is 0 Å². The van der Waals surface area contributed by atoms with E-state index in [2.05, 4.69) is 4.98 Å². The largest absolute Gasteiger partial charge is 0.364 e. The van der Waals surface area contributed by atoms with Crippen LogP contribution in [0.2, 0.25) is 0 Å². The Labute approximate surface area is 123 Å². The fourth-order valence-electron chi connectivity index (χ4n) is 2.41. The Morgan fingerprint density at radius 2 is 1.76 bits per heavy atom. The molecule has 1 aromatic heterocycles. The monoisotopic (exact) mass is 298 g/mol. The maximum atomic E-state index is 11.8. The summed E-state index contributed by atoms with van der Waals surface area (Å²) in [6, 6.07) is 17.7. The van der Waals surface area contributed by atoms with Crippen LogP contribution in [0.5, 0.6) is 0 Å². The Morgan fingerprint density at radius 3 is 2.43 bits per heavy atom. The number of amides is 1. The summed E-state index contributed by atoms with van der Waals surface area (Å²) in [4.78, 5) is 14.9. The Kier molecular flexibility index (Phi) is 3.74. The van der Waals surface area contributed by atoms with E-state index in [1.165, 1.54) is 0 Å². The fraction of sp³-hybridized carbons (Fsp3) is 0.0625. The number of hydrogen-bond acceptors (Lipinski definition) is 2. The van der Waals surface area contributed by atoms with Crippen molar-refractivity contribution < 1.29 is 9.32 Å². The molecule has 1 amide bonds. The van der Waals surface area contributed by atoms with Crippen molar-refractivity contribution >= 4 is 35.6 Å². The number of carbonyl (C=O) groups excluding carboxylic acids is 1. The van der Waals surface area contributed by atoms with E-state index in [0.717, 1.165) is 21.5 Å². The van der Waals surface area contributed by atoms with Gasteiger partial charge in [-0.05, 0) is 6.07 Å². The number of nitrogens with two attached hydrogens (primary N) is 1. The summed E-state index contributed by atoms with van der Waals surface area (Å²) in [6.45, 7) is 0. The minimum Gasteiger partial charge on any atom is -0.364 e. The van der Waals surface area contributed by atoms with Crippen LogP contribution in [0.1, 0.15) is 10.5 Å². The van der Waals surface area contributed by atoms with Crippen molar-refractivity contribution in [2.45, 2.75) is 0 Å². The minimum absolute atomic E-state index is 0.424. The summed E-state index contributed by atoms with van der Waals surface area (Å²) >= 11 is 0. The molecule has 0 aliphatic rings. The number of rotatable bonds is 4. The van der Waals surface area contributed by atoms with Gasteiger partial charge in [-0.1, -0.05) is 48.5 Å². The number of aromatic nitrogens is 1. The molecule has 106 valence electrons. The van der Waals surface area contributed by atoms with E-state index in [0.29, 0.717) is 5.69 Å². The second kappa shape index (κ2) is 5.68. The molecule has 1 unspecified atom stereocenters.